The van der Waals surface area contributed by atoms with E-state index in [4.69, 9.17) is 4.98 Å². The monoisotopic (exact) mass is 521 g/mol. The third kappa shape index (κ3) is 4.04. The number of amides is 1. The smallest absolute Gasteiger partial charge is 0.263 e. The van der Waals surface area contributed by atoms with Crippen LogP contribution >= 0.6 is 27.3 Å². The van der Waals surface area contributed by atoms with Crippen molar-refractivity contribution in [1.82, 2.24) is 9.55 Å². The Morgan fingerprint density at radius 2 is 1.85 bits per heavy atom. The Bertz CT molecular complexity index is 1440. The molecule has 1 aliphatic carbocycles. The number of rotatable bonds is 4. The van der Waals surface area contributed by atoms with Gasteiger partial charge in [0.2, 0.25) is 5.91 Å². The van der Waals surface area contributed by atoms with E-state index in [-0.39, 0.29) is 18.0 Å². The number of fused-ring (bicyclic) bond motifs is 3. The molecular formula is C26H24BrN3O2S. The lowest BCUT2D eigenvalue weighted by molar-refractivity contribution is -0.116. The van der Waals surface area contributed by atoms with Crippen molar-refractivity contribution in [2.75, 3.05) is 5.32 Å². The maximum Gasteiger partial charge on any atom is 0.263 e. The SMILES string of the molecule is Cc1c(Br)ccc(NC(=O)Cn2c(-c3ccccc3)nc3sc4c(c3c2=O)CCCC4)c1C. The quantitative estimate of drug-likeness (QED) is 0.357. The molecule has 2 heterocycles. The molecule has 168 valence electrons. The number of benzene rings is 2. The van der Waals surface area contributed by atoms with Gasteiger partial charge in [-0.25, -0.2) is 4.98 Å². The molecule has 2 aromatic heterocycles. The van der Waals surface area contributed by atoms with Gasteiger partial charge in [-0.3, -0.25) is 14.2 Å². The second-order valence-corrected chi connectivity index (χ2v) is 10.4. The van der Waals surface area contributed by atoms with E-state index >= 15 is 0 Å². The topological polar surface area (TPSA) is 64.0 Å². The summed E-state index contributed by atoms with van der Waals surface area (Å²) >= 11 is 5.16. The Labute approximate surface area is 204 Å². The number of carbonyl (C=O) groups is 1. The predicted octanol–water partition coefficient (Wildman–Crippen LogP) is 6.02. The summed E-state index contributed by atoms with van der Waals surface area (Å²) in [5.74, 6) is 0.287. The largest absolute Gasteiger partial charge is 0.324 e. The van der Waals surface area contributed by atoms with E-state index in [2.05, 4.69) is 21.2 Å². The molecule has 0 atom stereocenters. The van der Waals surface area contributed by atoms with Crippen LogP contribution in [0.3, 0.4) is 0 Å². The van der Waals surface area contributed by atoms with Crippen LogP contribution in [0, 0.1) is 13.8 Å². The zero-order valence-corrected chi connectivity index (χ0v) is 21.0. The summed E-state index contributed by atoms with van der Waals surface area (Å²) in [4.78, 5) is 33.8. The number of hydrogen-bond donors (Lipinski definition) is 1. The van der Waals surface area contributed by atoms with Crippen LogP contribution in [0.15, 0.2) is 51.7 Å². The van der Waals surface area contributed by atoms with Gasteiger partial charge in [-0.05, 0) is 68.4 Å². The minimum atomic E-state index is -0.246. The highest BCUT2D eigenvalue weighted by molar-refractivity contribution is 9.10. The second kappa shape index (κ2) is 8.88. The van der Waals surface area contributed by atoms with Crippen molar-refractivity contribution in [3.05, 3.63) is 78.9 Å². The van der Waals surface area contributed by atoms with Gasteiger partial charge in [-0.2, -0.15) is 0 Å². The number of halogens is 1. The number of nitrogens with one attached hydrogen (secondary N) is 1. The molecule has 1 amide bonds. The van der Waals surface area contributed by atoms with Crippen molar-refractivity contribution >= 4 is 49.1 Å². The number of nitrogens with zero attached hydrogens (tertiary/aromatic N) is 2. The summed E-state index contributed by atoms with van der Waals surface area (Å²) in [6.45, 7) is 3.89. The zero-order chi connectivity index (χ0) is 23.1. The van der Waals surface area contributed by atoms with Gasteiger partial charge >= 0.3 is 0 Å². The van der Waals surface area contributed by atoms with Crippen molar-refractivity contribution in [2.24, 2.45) is 0 Å². The first kappa shape index (κ1) is 22.0. The second-order valence-electron chi connectivity index (χ2n) is 8.48. The third-order valence-electron chi connectivity index (χ3n) is 6.40. The zero-order valence-electron chi connectivity index (χ0n) is 18.6. The van der Waals surface area contributed by atoms with Gasteiger partial charge in [-0.1, -0.05) is 46.3 Å². The van der Waals surface area contributed by atoms with Gasteiger partial charge in [0, 0.05) is 20.6 Å². The number of aryl methyl sites for hydroxylation is 2. The molecule has 33 heavy (non-hydrogen) atoms. The molecule has 5 nitrogen and oxygen atoms in total. The van der Waals surface area contributed by atoms with Gasteiger partial charge in [0.25, 0.3) is 5.56 Å². The fraction of sp³-hybridized carbons (Fsp3) is 0.269. The Morgan fingerprint density at radius 3 is 2.64 bits per heavy atom. The van der Waals surface area contributed by atoms with E-state index < -0.39 is 0 Å². The molecule has 0 unspecified atom stereocenters. The standard InChI is InChI=1S/C26H24BrN3O2S/c1-15-16(2)20(13-12-19(15)27)28-22(31)14-30-24(17-8-4-3-5-9-17)29-25-23(26(30)32)18-10-6-7-11-21(18)33-25/h3-5,8-9,12-13H,6-7,10-11,14H2,1-2H3,(H,28,31). The molecule has 0 bridgehead atoms. The molecule has 5 rings (SSSR count). The van der Waals surface area contributed by atoms with E-state index in [1.54, 1.807) is 11.3 Å². The van der Waals surface area contributed by atoms with Gasteiger partial charge < -0.3 is 5.32 Å². The van der Waals surface area contributed by atoms with Gasteiger partial charge in [0.05, 0.1) is 5.39 Å². The lowest BCUT2D eigenvalue weighted by Gasteiger charge is -2.15. The van der Waals surface area contributed by atoms with Crippen molar-refractivity contribution in [3.8, 4) is 11.4 Å². The van der Waals surface area contributed by atoms with E-state index in [1.165, 1.54) is 9.44 Å². The van der Waals surface area contributed by atoms with E-state index in [0.29, 0.717) is 11.2 Å². The molecule has 7 heteroatoms. The molecule has 1 aliphatic rings. The molecule has 0 radical (unpaired) electrons. The summed E-state index contributed by atoms with van der Waals surface area (Å²) in [6, 6.07) is 13.4. The summed E-state index contributed by atoms with van der Waals surface area (Å²) in [5, 5.41) is 3.68. The van der Waals surface area contributed by atoms with Crippen LogP contribution in [0.2, 0.25) is 0 Å². The highest BCUT2D eigenvalue weighted by atomic mass is 79.9. The molecule has 0 spiro atoms. The lowest BCUT2D eigenvalue weighted by Crippen LogP contribution is -2.30. The molecule has 0 aliphatic heterocycles. The fourth-order valence-corrected chi connectivity index (χ4v) is 6.13. The van der Waals surface area contributed by atoms with Crippen LogP contribution in [-0.4, -0.2) is 15.5 Å². The number of thiophene rings is 1. The number of anilines is 1. The number of carbonyl (C=O) groups excluding carboxylic acids is 1. The molecular weight excluding hydrogens is 498 g/mol. The number of aromatic nitrogens is 2. The van der Waals surface area contributed by atoms with Crippen molar-refractivity contribution in [3.63, 3.8) is 0 Å². The average molecular weight is 522 g/mol. The van der Waals surface area contributed by atoms with Crippen LogP contribution in [0.25, 0.3) is 21.6 Å². The van der Waals surface area contributed by atoms with E-state index in [9.17, 15) is 9.59 Å². The van der Waals surface area contributed by atoms with Gasteiger partial charge in [0.15, 0.2) is 0 Å². The highest BCUT2D eigenvalue weighted by Crippen LogP contribution is 2.35. The maximum atomic E-state index is 13.8. The highest BCUT2D eigenvalue weighted by Gasteiger charge is 2.23. The average Bonchev–Trinajstić information content (AvgIpc) is 3.20. The molecule has 4 aromatic rings. The van der Waals surface area contributed by atoms with Crippen molar-refractivity contribution in [2.45, 2.75) is 46.1 Å². The molecule has 0 fully saturated rings. The molecule has 1 N–H and O–H groups in total. The first-order valence-electron chi connectivity index (χ1n) is 11.1. The Balaban J connectivity index is 1.60. The lowest BCUT2D eigenvalue weighted by atomic mass is 9.97. The molecule has 0 saturated carbocycles. The minimum Gasteiger partial charge on any atom is -0.324 e. The van der Waals surface area contributed by atoms with Crippen molar-refractivity contribution in [1.29, 1.82) is 0 Å². The van der Waals surface area contributed by atoms with Crippen LogP contribution < -0.4 is 10.9 Å². The van der Waals surface area contributed by atoms with Crippen molar-refractivity contribution < 1.29 is 4.79 Å². The first-order chi connectivity index (χ1) is 15.9. The van der Waals surface area contributed by atoms with E-state index in [1.807, 2.05) is 56.3 Å². The summed E-state index contributed by atoms with van der Waals surface area (Å²) in [7, 11) is 0. The van der Waals surface area contributed by atoms with Crippen LogP contribution in [0.5, 0.6) is 0 Å². The summed E-state index contributed by atoms with van der Waals surface area (Å²) in [5.41, 5.74) is 4.64. The minimum absolute atomic E-state index is 0.0921. The summed E-state index contributed by atoms with van der Waals surface area (Å²) < 4.78 is 2.54. The van der Waals surface area contributed by atoms with Crippen LogP contribution in [-0.2, 0) is 24.2 Å². The Morgan fingerprint density at radius 1 is 1.09 bits per heavy atom. The van der Waals surface area contributed by atoms with Gasteiger partial charge in [0.1, 0.15) is 17.2 Å². The maximum absolute atomic E-state index is 13.8. The van der Waals surface area contributed by atoms with Crippen LogP contribution in [0.1, 0.15) is 34.4 Å². The molecule has 2 aromatic carbocycles. The third-order valence-corrected chi connectivity index (χ3v) is 8.45. The molecule has 0 saturated heterocycles. The normalized spacial score (nSPS) is 13.2. The number of hydrogen-bond acceptors (Lipinski definition) is 4. The van der Waals surface area contributed by atoms with Gasteiger partial charge in [-0.15, -0.1) is 11.3 Å². The Kier molecular flexibility index (Phi) is 5.93. The first-order valence-corrected chi connectivity index (χ1v) is 12.7. The predicted molar refractivity (Wildman–Crippen MR) is 138 cm³/mol. The van der Waals surface area contributed by atoms with Crippen LogP contribution in [0.4, 0.5) is 5.69 Å². The fourth-order valence-electron chi connectivity index (χ4n) is 4.45. The van der Waals surface area contributed by atoms with E-state index in [0.717, 1.165) is 62.9 Å². The Hall–Kier alpha value is -2.77. The summed E-state index contributed by atoms with van der Waals surface area (Å²) in [6.07, 6.45) is 4.13.